The number of nitrogens with zero attached hydrogens (tertiary/aromatic N) is 2. The van der Waals surface area contributed by atoms with Gasteiger partial charge in [0.05, 0.1) is 0 Å². The van der Waals surface area contributed by atoms with Crippen molar-refractivity contribution in [1.29, 1.82) is 0 Å². The van der Waals surface area contributed by atoms with Crippen molar-refractivity contribution < 1.29 is 4.79 Å². The zero-order valence-electron chi connectivity index (χ0n) is 13.6. The predicted molar refractivity (Wildman–Crippen MR) is 90.4 cm³/mol. The van der Waals surface area contributed by atoms with Crippen molar-refractivity contribution in [1.82, 2.24) is 9.80 Å². The fraction of sp³-hybridized carbons (Fsp3) is 0.938. The predicted octanol–water partition coefficient (Wildman–Crippen LogP) is 2.65. The summed E-state index contributed by atoms with van der Waals surface area (Å²) in [6.45, 7) is 12.5. The highest BCUT2D eigenvalue weighted by molar-refractivity contribution is 7.18. The van der Waals surface area contributed by atoms with Gasteiger partial charge in [0.15, 0.2) is 0 Å². The van der Waals surface area contributed by atoms with Crippen LogP contribution in [0.25, 0.3) is 0 Å². The Balaban J connectivity index is 2.38. The molecule has 2 atom stereocenters. The molecule has 0 N–H and O–H groups in total. The lowest BCUT2D eigenvalue weighted by atomic mass is 9.91. The number of likely N-dealkylation sites (tertiary alicyclic amines) is 1. The van der Waals surface area contributed by atoms with E-state index < -0.39 is 0 Å². The molecule has 0 aromatic carbocycles. The smallest absolute Gasteiger partial charge is 0.139 e. The van der Waals surface area contributed by atoms with E-state index in [-0.39, 0.29) is 0 Å². The van der Waals surface area contributed by atoms with Gasteiger partial charge >= 0.3 is 0 Å². The molecule has 0 radical (unpaired) electrons. The van der Waals surface area contributed by atoms with Crippen LogP contribution in [0.4, 0.5) is 0 Å². The SMILES string of the molecule is CCC(CCN(CC)CC)N1CCC(C(=O)CP)CC1. The van der Waals surface area contributed by atoms with Crippen molar-refractivity contribution in [2.24, 2.45) is 5.92 Å². The Morgan fingerprint density at radius 1 is 1.25 bits per heavy atom. The minimum Gasteiger partial charge on any atom is -0.304 e. The molecule has 20 heavy (non-hydrogen) atoms. The molecule has 0 saturated carbocycles. The van der Waals surface area contributed by atoms with Crippen LogP contribution in [0.2, 0.25) is 0 Å². The maximum atomic E-state index is 11.8. The first-order chi connectivity index (χ1) is 9.65. The van der Waals surface area contributed by atoms with E-state index in [2.05, 4.69) is 39.8 Å². The summed E-state index contributed by atoms with van der Waals surface area (Å²) in [7, 11) is 2.57. The second kappa shape index (κ2) is 9.87. The van der Waals surface area contributed by atoms with E-state index in [9.17, 15) is 4.79 Å². The largest absolute Gasteiger partial charge is 0.304 e. The van der Waals surface area contributed by atoms with Crippen LogP contribution in [-0.4, -0.2) is 60.5 Å². The Hall–Kier alpha value is 0.0200. The number of carbonyl (C=O) groups excluding carboxylic acids is 1. The number of piperidine rings is 1. The molecule has 1 rings (SSSR count). The zero-order chi connectivity index (χ0) is 15.0. The first-order valence-electron chi connectivity index (χ1n) is 8.35. The molecular weight excluding hydrogens is 267 g/mol. The van der Waals surface area contributed by atoms with Gasteiger partial charge in [-0.1, -0.05) is 20.8 Å². The van der Waals surface area contributed by atoms with Crippen LogP contribution in [0.5, 0.6) is 0 Å². The third-order valence-electron chi connectivity index (χ3n) is 4.85. The average Bonchev–Trinajstić information content (AvgIpc) is 2.51. The minimum atomic E-state index is 0.323. The molecule has 1 aliphatic heterocycles. The fourth-order valence-corrected chi connectivity index (χ4v) is 3.60. The summed E-state index contributed by atoms with van der Waals surface area (Å²) in [4.78, 5) is 16.9. The molecule has 0 aromatic rings. The lowest BCUT2D eigenvalue weighted by Crippen LogP contribution is -2.44. The van der Waals surface area contributed by atoms with Crippen molar-refractivity contribution >= 4 is 15.0 Å². The number of hydrogen-bond acceptors (Lipinski definition) is 3. The monoisotopic (exact) mass is 300 g/mol. The van der Waals surface area contributed by atoms with Gasteiger partial charge in [-0.2, -0.15) is 0 Å². The number of ketones is 1. The number of carbonyl (C=O) groups is 1. The van der Waals surface area contributed by atoms with E-state index >= 15 is 0 Å². The summed E-state index contributed by atoms with van der Waals surface area (Å²) < 4.78 is 0. The molecule has 0 amide bonds. The van der Waals surface area contributed by atoms with Gasteiger partial charge in [0, 0.05) is 18.1 Å². The van der Waals surface area contributed by atoms with Gasteiger partial charge in [0.25, 0.3) is 0 Å². The Bertz CT molecular complexity index is 274. The molecule has 118 valence electrons. The quantitative estimate of drug-likeness (QED) is 0.612. The Morgan fingerprint density at radius 2 is 1.85 bits per heavy atom. The first kappa shape index (κ1) is 18.1. The summed E-state index contributed by atoms with van der Waals surface area (Å²) in [6.07, 6.45) is 5.25. The highest BCUT2D eigenvalue weighted by Crippen LogP contribution is 2.22. The lowest BCUT2D eigenvalue weighted by molar-refractivity contribution is -0.121. The van der Waals surface area contributed by atoms with Crippen molar-refractivity contribution in [2.75, 3.05) is 38.9 Å². The van der Waals surface area contributed by atoms with Crippen LogP contribution in [-0.2, 0) is 4.79 Å². The summed E-state index contributed by atoms with van der Waals surface area (Å²) in [6, 6.07) is 0.697. The summed E-state index contributed by atoms with van der Waals surface area (Å²) >= 11 is 0. The maximum Gasteiger partial charge on any atom is 0.139 e. The number of rotatable bonds is 9. The molecule has 1 fully saturated rings. The molecule has 0 aliphatic carbocycles. The maximum absolute atomic E-state index is 11.8. The summed E-state index contributed by atoms with van der Waals surface area (Å²) in [5, 5.41) is 0. The summed E-state index contributed by atoms with van der Waals surface area (Å²) in [5.74, 6) is 0.759. The third-order valence-corrected chi connectivity index (χ3v) is 5.25. The van der Waals surface area contributed by atoms with Crippen LogP contribution >= 0.6 is 9.24 Å². The normalized spacial score (nSPS) is 19.4. The lowest BCUT2D eigenvalue weighted by Gasteiger charge is -2.37. The van der Waals surface area contributed by atoms with Crippen molar-refractivity contribution in [3.05, 3.63) is 0 Å². The highest BCUT2D eigenvalue weighted by atomic mass is 31.0. The molecule has 0 bridgehead atoms. The standard InChI is InChI=1S/C16H33N2OP/c1-4-15(9-10-17(5-2)6-3)18-11-7-14(8-12-18)16(19)13-20/h14-15H,4-13,20H2,1-3H3. The van der Waals surface area contributed by atoms with Gasteiger partial charge in [-0.05, 0) is 58.4 Å². The Morgan fingerprint density at radius 3 is 2.30 bits per heavy atom. The van der Waals surface area contributed by atoms with Gasteiger partial charge in [-0.25, -0.2) is 0 Å². The molecule has 1 aliphatic rings. The van der Waals surface area contributed by atoms with Gasteiger partial charge < -0.3 is 9.80 Å². The molecule has 1 saturated heterocycles. The summed E-state index contributed by atoms with van der Waals surface area (Å²) in [5.41, 5.74) is 0. The molecule has 0 aromatic heterocycles. The molecule has 4 heteroatoms. The van der Waals surface area contributed by atoms with E-state index in [0.717, 1.165) is 39.0 Å². The van der Waals surface area contributed by atoms with Crippen molar-refractivity contribution in [3.63, 3.8) is 0 Å². The second-order valence-electron chi connectivity index (χ2n) is 5.86. The van der Waals surface area contributed by atoms with Crippen LogP contribution in [0.3, 0.4) is 0 Å². The van der Waals surface area contributed by atoms with Crippen LogP contribution in [0.1, 0.15) is 46.5 Å². The van der Waals surface area contributed by atoms with Gasteiger partial charge in [0.2, 0.25) is 0 Å². The van der Waals surface area contributed by atoms with E-state index in [0.29, 0.717) is 23.9 Å². The molecule has 1 heterocycles. The van der Waals surface area contributed by atoms with Gasteiger partial charge in [0.1, 0.15) is 5.78 Å². The van der Waals surface area contributed by atoms with E-state index in [1.165, 1.54) is 19.4 Å². The van der Waals surface area contributed by atoms with Gasteiger partial charge in [-0.3, -0.25) is 4.79 Å². The third kappa shape index (κ3) is 5.42. The van der Waals surface area contributed by atoms with Crippen LogP contribution < -0.4 is 0 Å². The van der Waals surface area contributed by atoms with Gasteiger partial charge in [-0.15, -0.1) is 9.24 Å². The average molecular weight is 300 g/mol. The number of hydrogen-bond donors (Lipinski definition) is 0. The zero-order valence-corrected chi connectivity index (χ0v) is 14.8. The Kier molecular flexibility index (Phi) is 8.91. The second-order valence-corrected chi connectivity index (χ2v) is 6.27. The van der Waals surface area contributed by atoms with E-state index in [4.69, 9.17) is 0 Å². The van der Waals surface area contributed by atoms with Crippen LogP contribution in [0.15, 0.2) is 0 Å². The minimum absolute atomic E-state index is 0.323. The van der Waals surface area contributed by atoms with Crippen molar-refractivity contribution in [3.8, 4) is 0 Å². The number of Topliss-reactive ketones (excluding diaryl/α,β-unsaturated/α-hetero) is 1. The molecular formula is C16H33N2OP. The topological polar surface area (TPSA) is 23.6 Å². The Labute approximate surface area is 127 Å². The first-order valence-corrected chi connectivity index (χ1v) is 9.16. The van der Waals surface area contributed by atoms with Crippen LogP contribution in [0, 0.1) is 5.92 Å². The molecule has 2 unspecified atom stereocenters. The van der Waals surface area contributed by atoms with E-state index in [1.54, 1.807) is 0 Å². The highest BCUT2D eigenvalue weighted by Gasteiger charge is 2.27. The van der Waals surface area contributed by atoms with E-state index in [1.807, 2.05) is 0 Å². The fourth-order valence-electron chi connectivity index (χ4n) is 3.27. The van der Waals surface area contributed by atoms with Crippen molar-refractivity contribution in [2.45, 2.75) is 52.5 Å². The molecule has 3 nitrogen and oxygen atoms in total. The molecule has 0 spiro atoms.